The number of rotatable bonds is 3. The first-order valence-corrected chi connectivity index (χ1v) is 7.68. The van der Waals surface area contributed by atoms with E-state index in [0.717, 1.165) is 35.0 Å². The Kier molecular flexibility index (Phi) is 4.87. The van der Waals surface area contributed by atoms with Crippen molar-refractivity contribution in [3.05, 3.63) is 28.2 Å². The standard InChI is InChI=1S/C15H22BrNO2/c1-10(18)11-7-8-13(12(16)9-11)17(2)14-5-3-4-6-15(14)19/h7-10,14-15,18-19H,3-6H2,1-2H3. The topological polar surface area (TPSA) is 43.7 Å². The predicted molar refractivity (Wildman–Crippen MR) is 81.4 cm³/mol. The van der Waals surface area contributed by atoms with E-state index in [1.165, 1.54) is 6.42 Å². The van der Waals surface area contributed by atoms with E-state index in [2.05, 4.69) is 20.8 Å². The Balaban J connectivity index is 2.21. The van der Waals surface area contributed by atoms with E-state index in [0.29, 0.717) is 0 Å². The van der Waals surface area contributed by atoms with Crippen molar-refractivity contribution in [1.82, 2.24) is 0 Å². The molecule has 1 saturated carbocycles. The number of halogens is 1. The van der Waals surface area contributed by atoms with Crippen LogP contribution in [0.3, 0.4) is 0 Å². The minimum Gasteiger partial charge on any atom is -0.391 e. The monoisotopic (exact) mass is 327 g/mol. The van der Waals surface area contributed by atoms with Gasteiger partial charge in [-0.05, 0) is 53.4 Å². The molecule has 1 aromatic carbocycles. The molecule has 1 aliphatic rings. The second-order valence-electron chi connectivity index (χ2n) is 5.42. The first-order chi connectivity index (χ1) is 9.00. The molecule has 2 N–H and O–H groups in total. The molecule has 4 heteroatoms. The summed E-state index contributed by atoms with van der Waals surface area (Å²) in [5.41, 5.74) is 1.96. The molecule has 0 heterocycles. The maximum absolute atomic E-state index is 10.1. The van der Waals surface area contributed by atoms with Crippen molar-refractivity contribution in [2.45, 2.75) is 50.9 Å². The van der Waals surface area contributed by atoms with Crippen molar-refractivity contribution in [3.8, 4) is 0 Å². The summed E-state index contributed by atoms with van der Waals surface area (Å²) in [7, 11) is 2.03. The third-order valence-electron chi connectivity index (χ3n) is 4.03. The molecule has 0 radical (unpaired) electrons. The molecule has 3 atom stereocenters. The van der Waals surface area contributed by atoms with Gasteiger partial charge in [0.1, 0.15) is 0 Å². The summed E-state index contributed by atoms with van der Waals surface area (Å²) in [6, 6.07) is 6.08. The lowest BCUT2D eigenvalue weighted by Crippen LogP contribution is -2.43. The molecular weight excluding hydrogens is 306 g/mol. The Bertz CT molecular complexity index is 436. The number of anilines is 1. The fraction of sp³-hybridized carbons (Fsp3) is 0.600. The zero-order chi connectivity index (χ0) is 14.0. The molecule has 0 saturated heterocycles. The van der Waals surface area contributed by atoms with Crippen LogP contribution < -0.4 is 4.90 Å². The van der Waals surface area contributed by atoms with Crippen molar-refractivity contribution in [2.75, 3.05) is 11.9 Å². The molecule has 2 rings (SSSR count). The van der Waals surface area contributed by atoms with Crippen LogP contribution in [0.25, 0.3) is 0 Å². The highest BCUT2D eigenvalue weighted by Crippen LogP contribution is 2.33. The van der Waals surface area contributed by atoms with E-state index < -0.39 is 6.10 Å². The summed E-state index contributed by atoms with van der Waals surface area (Å²) in [5, 5.41) is 19.7. The van der Waals surface area contributed by atoms with Crippen LogP contribution in [0.4, 0.5) is 5.69 Å². The second-order valence-corrected chi connectivity index (χ2v) is 6.27. The van der Waals surface area contributed by atoms with Gasteiger partial charge in [0.15, 0.2) is 0 Å². The maximum atomic E-state index is 10.1. The van der Waals surface area contributed by atoms with Gasteiger partial charge in [0.05, 0.1) is 23.9 Å². The number of aliphatic hydroxyl groups excluding tert-OH is 2. The number of aliphatic hydroxyl groups is 2. The lowest BCUT2D eigenvalue weighted by Gasteiger charge is -2.37. The molecule has 3 nitrogen and oxygen atoms in total. The van der Waals surface area contributed by atoms with E-state index >= 15 is 0 Å². The highest BCUT2D eigenvalue weighted by Gasteiger charge is 2.27. The third kappa shape index (κ3) is 3.30. The van der Waals surface area contributed by atoms with Gasteiger partial charge in [-0.15, -0.1) is 0 Å². The van der Waals surface area contributed by atoms with Gasteiger partial charge in [0.25, 0.3) is 0 Å². The van der Waals surface area contributed by atoms with Crippen molar-refractivity contribution in [2.24, 2.45) is 0 Å². The molecule has 1 fully saturated rings. The van der Waals surface area contributed by atoms with E-state index in [1.807, 2.05) is 25.2 Å². The van der Waals surface area contributed by atoms with Crippen LogP contribution in [0.5, 0.6) is 0 Å². The van der Waals surface area contributed by atoms with Crippen LogP contribution >= 0.6 is 15.9 Å². The first-order valence-electron chi connectivity index (χ1n) is 6.89. The molecule has 0 spiro atoms. The highest BCUT2D eigenvalue weighted by molar-refractivity contribution is 9.10. The predicted octanol–water partition coefficient (Wildman–Crippen LogP) is 3.24. The Hall–Kier alpha value is -0.580. The fourth-order valence-electron chi connectivity index (χ4n) is 2.79. The molecule has 1 aliphatic carbocycles. The summed E-state index contributed by atoms with van der Waals surface area (Å²) in [4.78, 5) is 2.15. The number of nitrogens with zero attached hydrogens (tertiary/aromatic N) is 1. The minimum atomic E-state index is -0.462. The molecule has 0 bridgehead atoms. The summed E-state index contributed by atoms with van der Waals surface area (Å²) in [6.45, 7) is 1.76. The smallest absolute Gasteiger partial charge is 0.0762 e. The zero-order valence-corrected chi connectivity index (χ0v) is 13.1. The van der Waals surface area contributed by atoms with Gasteiger partial charge in [-0.3, -0.25) is 0 Å². The molecule has 0 aromatic heterocycles. The maximum Gasteiger partial charge on any atom is 0.0762 e. The lowest BCUT2D eigenvalue weighted by atomic mass is 9.91. The van der Waals surface area contributed by atoms with Gasteiger partial charge < -0.3 is 15.1 Å². The first kappa shape index (κ1) is 14.8. The molecular formula is C15H22BrNO2. The number of likely N-dealkylation sites (N-methyl/N-ethyl adjacent to an activating group) is 1. The van der Waals surface area contributed by atoms with Crippen molar-refractivity contribution < 1.29 is 10.2 Å². The van der Waals surface area contributed by atoms with Crippen molar-refractivity contribution in [3.63, 3.8) is 0 Å². The molecule has 3 unspecified atom stereocenters. The van der Waals surface area contributed by atoms with Gasteiger partial charge in [0, 0.05) is 11.5 Å². The molecule has 106 valence electrons. The third-order valence-corrected chi connectivity index (χ3v) is 4.66. The van der Waals surface area contributed by atoms with E-state index in [1.54, 1.807) is 6.92 Å². The molecule has 0 aliphatic heterocycles. The van der Waals surface area contributed by atoms with Crippen LogP contribution in [0.2, 0.25) is 0 Å². The van der Waals surface area contributed by atoms with Gasteiger partial charge >= 0.3 is 0 Å². The molecule has 19 heavy (non-hydrogen) atoms. The lowest BCUT2D eigenvalue weighted by molar-refractivity contribution is 0.106. The average molecular weight is 328 g/mol. The average Bonchev–Trinajstić information content (AvgIpc) is 2.38. The zero-order valence-electron chi connectivity index (χ0n) is 11.5. The van der Waals surface area contributed by atoms with Crippen molar-refractivity contribution in [1.29, 1.82) is 0 Å². The number of hydrogen-bond acceptors (Lipinski definition) is 3. The second kappa shape index (κ2) is 6.25. The SMILES string of the molecule is CC(O)c1ccc(N(C)C2CCCCC2O)c(Br)c1. The van der Waals surface area contributed by atoms with E-state index in [4.69, 9.17) is 0 Å². The minimum absolute atomic E-state index is 0.183. The number of benzene rings is 1. The largest absolute Gasteiger partial charge is 0.391 e. The van der Waals surface area contributed by atoms with E-state index in [-0.39, 0.29) is 12.1 Å². The Morgan fingerprint density at radius 2 is 2.00 bits per heavy atom. The van der Waals surface area contributed by atoms with Gasteiger partial charge in [0.2, 0.25) is 0 Å². The number of hydrogen-bond donors (Lipinski definition) is 2. The van der Waals surface area contributed by atoms with Crippen LogP contribution in [-0.4, -0.2) is 29.4 Å². The van der Waals surface area contributed by atoms with E-state index in [9.17, 15) is 10.2 Å². The highest BCUT2D eigenvalue weighted by atomic mass is 79.9. The van der Waals surface area contributed by atoms with Gasteiger partial charge in [-0.2, -0.15) is 0 Å². The Labute approximate surface area is 123 Å². The summed E-state index contributed by atoms with van der Waals surface area (Å²) in [5.74, 6) is 0. The van der Waals surface area contributed by atoms with Crippen LogP contribution in [0, 0.1) is 0 Å². The van der Waals surface area contributed by atoms with Crippen LogP contribution in [0.15, 0.2) is 22.7 Å². The summed E-state index contributed by atoms with van der Waals surface area (Å²) < 4.78 is 0.964. The van der Waals surface area contributed by atoms with Crippen LogP contribution in [-0.2, 0) is 0 Å². The Morgan fingerprint density at radius 1 is 1.32 bits per heavy atom. The fourth-order valence-corrected chi connectivity index (χ4v) is 3.47. The Morgan fingerprint density at radius 3 is 2.58 bits per heavy atom. The van der Waals surface area contributed by atoms with Crippen molar-refractivity contribution >= 4 is 21.6 Å². The van der Waals surface area contributed by atoms with Gasteiger partial charge in [-0.25, -0.2) is 0 Å². The van der Waals surface area contributed by atoms with Crippen LogP contribution in [0.1, 0.15) is 44.3 Å². The van der Waals surface area contributed by atoms with Gasteiger partial charge in [-0.1, -0.05) is 18.9 Å². The molecule has 1 aromatic rings. The summed E-state index contributed by atoms with van der Waals surface area (Å²) >= 11 is 3.57. The summed E-state index contributed by atoms with van der Waals surface area (Å²) in [6.07, 6.45) is 3.50. The quantitative estimate of drug-likeness (QED) is 0.895. The normalized spacial score (nSPS) is 25.1. The molecule has 0 amide bonds.